The van der Waals surface area contributed by atoms with Crippen LogP contribution in [0, 0.1) is 17.8 Å². The second-order valence-electron chi connectivity index (χ2n) is 9.04. The number of carboxylic acids is 1. The topological polar surface area (TPSA) is 37.3 Å². The summed E-state index contributed by atoms with van der Waals surface area (Å²) in [5.74, 6) is 2.14. The van der Waals surface area contributed by atoms with Crippen molar-refractivity contribution in [1.29, 1.82) is 0 Å². The van der Waals surface area contributed by atoms with Crippen LogP contribution in [0.5, 0.6) is 0 Å². The molecular weight excluding hydrogens is 320 g/mol. The van der Waals surface area contributed by atoms with Crippen LogP contribution in [-0.2, 0) is 16.6 Å². The Labute approximate surface area is 155 Å². The SMILES string of the molecule is O=C(O)Cc1ccc(-c2ccc(C34CC5CC(CC(C5)C3)C4)cc2)cc1. The van der Waals surface area contributed by atoms with E-state index in [0.29, 0.717) is 5.41 Å². The summed E-state index contributed by atoms with van der Waals surface area (Å²) in [6.45, 7) is 0. The van der Waals surface area contributed by atoms with Crippen LogP contribution in [0.1, 0.15) is 49.7 Å². The summed E-state index contributed by atoms with van der Waals surface area (Å²) >= 11 is 0. The molecule has 0 amide bonds. The molecule has 0 saturated heterocycles. The summed E-state index contributed by atoms with van der Waals surface area (Å²) < 4.78 is 0. The van der Waals surface area contributed by atoms with Crippen LogP contribution < -0.4 is 0 Å². The fraction of sp³-hybridized carbons (Fsp3) is 0.458. The van der Waals surface area contributed by atoms with Gasteiger partial charge in [0.05, 0.1) is 6.42 Å². The quantitative estimate of drug-likeness (QED) is 0.799. The van der Waals surface area contributed by atoms with Crippen LogP contribution in [0.3, 0.4) is 0 Å². The van der Waals surface area contributed by atoms with Crippen molar-refractivity contribution in [2.75, 3.05) is 0 Å². The van der Waals surface area contributed by atoms with Gasteiger partial charge in [-0.15, -0.1) is 0 Å². The van der Waals surface area contributed by atoms with Crippen molar-refractivity contribution in [3.05, 3.63) is 59.7 Å². The molecule has 26 heavy (non-hydrogen) atoms. The molecule has 0 radical (unpaired) electrons. The van der Waals surface area contributed by atoms with Crippen molar-refractivity contribution in [1.82, 2.24) is 0 Å². The molecule has 2 aromatic carbocycles. The highest BCUT2D eigenvalue weighted by atomic mass is 16.4. The van der Waals surface area contributed by atoms with E-state index in [-0.39, 0.29) is 6.42 Å². The first-order chi connectivity index (χ1) is 12.6. The molecule has 6 rings (SSSR count). The van der Waals surface area contributed by atoms with Crippen molar-refractivity contribution in [2.45, 2.75) is 50.4 Å². The first-order valence-electron chi connectivity index (χ1n) is 10.0. The Morgan fingerprint density at radius 2 is 1.27 bits per heavy atom. The van der Waals surface area contributed by atoms with Gasteiger partial charge in [-0.25, -0.2) is 0 Å². The molecule has 0 atom stereocenters. The molecule has 2 aromatic rings. The largest absolute Gasteiger partial charge is 0.481 e. The van der Waals surface area contributed by atoms with Crippen LogP contribution >= 0.6 is 0 Å². The van der Waals surface area contributed by atoms with Crippen LogP contribution in [0.25, 0.3) is 11.1 Å². The van der Waals surface area contributed by atoms with Gasteiger partial charge < -0.3 is 5.11 Å². The maximum absolute atomic E-state index is 10.8. The molecule has 4 aliphatic carbocycles. The fourth-order valence-corrected chi connectivity index (χ4v) is 6.47. The molecule has 2 heteroatoms. The van der Waals surface area contributed by atoms with Crippen molar-refractivity contribution in [2.24, 2.45) is 17.8 Å². The van der Waals surface area contributed by atoms with Crippen molar-refractivity contribution >= 4 is 5.97 Å². The van der Waals surface area contributed by atoms with Gasteiger partial charge in [-0.3, -0.25) is 4.79 Å². The van der Waals surface area contributed by atoms with Gasteiger partial charge in [0.25, 0.3) is 0 Å². The molecule has 0 aliphatic heterocycles. The molecule has 0 heterocycles. The number of rotatable bonds is 4. The van der Waals surface area contributed by atoms with Crippen LogP contribution in [-0.4, -0.2) is 11.1 Å². The summed E-state index contributed by atoms with van der Waals surface area (Å²) in [5, 5.41) is 8.90. The highest BCUT2D eigenvalue weighted by Gasteiger charge is 2.51. The zero-order valence-corrected chi connectivity index (χ0v) is 15.2. The summed E-state index contributed by atoms with van der Waals surface area (Å²) in [6.07, 6.45) is 8.76. The number of hydrogen-bond donors (Lipinski definition) is 1. The Morgan fingerprint density at radius 1 is 0.808 bits per heavy atom. The van der Waals surface area contributed by atoms with E-state index in [1.54, 1.807) is 5.56 Å². The number of carbonyl (C=O) groups is 1. The Bertz CT molecular complexity index is 781. The lowest BCUT2D eigenvalue weighted by Gasteiger charge is -2.57. The minimum atomic E-state index is -0.780. The van der Waals surface area contributed by atoms with E-state index < -0.39 is 5.97 Å². The molecule has 1 N–H and O–H groups in total. The number of aliphatic carboxylic acids is 1. The van der Waals surface area contributed by atoms with Gasteiger partial charge in [-0.1, -0.05) is 48.5 Å². The third kappa shape index (κ3) is 2.76. The second-order valence-corrected chi connectivity index (χ2v) is 9.04. The Balaban J connectivity index is 1.38. The number of benzene rings is 2. The molecule has 0 unspecified atom stereocenters. The molecule has 4 saturated carbocycles. The van der Waals surface area contributed by atoms with Gasteiger partial charge in [0, 0.05) is 0 Å². The standard InChI is InChI=1S/C24H26O2/c25-23(26)12-16-1-3-20(4-2-16)21-5-7-22(8-6-21)24-13-17-9-18(14-24)11-19(10-17)15-24/h1-8,17-19H,9-15H2,(H,25,26). The predicted molar refractivity (Wildman–Crippen MR) is 103 cm³/mol. The zero-order valence-electron chi connectivity index (χ0n) is 15.2. The average Bonchev–Trinajstić information content (AvgIpc) is 2.61. The minimum Gasteiger partial charge on any atom is -0.481 e. The van der Waals surface area contributed by atoms with Crippen molar-refractivity contribution in [3.8, 4) is 11.1 Å². The Hall–Kier alpha value is -2.09. The smallest absolute Gasteiger partial charge is 0.307 e. The normalized spacial score (nSPS) is 31.9. The molecule has 4 bridgehead atoms. The third-order valence-corrected chi connectivity index (χ3v) is 7.18. The van der Waals surface area contributed by atoms with E-state index in [2.05, 4.69) is 24.3 Å². The molecule has 2 nitrogen and oxygen atoms in total. The van der Waals surface area contributed by atoms with Gasteiger partial charge >= 0.3 is 5.97 Å². The van der Waals surface area contributed by atoms with Gasteiger partial charge in [-0.05, 0) is 83.9 Å². The average molecular weight is 346 g/mol. The maximum Gasteiger partial charge on any atom is 0.307 e. The van der Waals surface area contributed by atoms with Crippen molar-refractivity contribution in [3.63, 3.8) is 0 Å². The van der Waals surface area contributed by atoms with E-state index in [0.717, 1.165) is 28.9 Å². The molecule has 134 valence electrons. The first kappa shape index (κ1) is 16.1. The predicted octanol–water partition coefficient (Wildman–Crippen LogP) is 5.45. The molecule has 0 spiro atoms. The van der Waals surface area contributed by atoms with E-state index >= 15 is 0 Å². The monoisotopic (exact) mass is 346 g/mol. The number of carboxylic acid groups (broad SMARTS) is 1. The highest BCUT2D eigenvalue weighted by Crippen LogP contribution is 2.60. The Kier molecular flexibility index (Phi) is 3.70. The number of hydrogen-bond acceptors (Lipinski definition) is 1. The lowest BCUT2D eigenvalue weighted by molar-refractivity contribution is -0.136. The third-order valence-electron chi connectivity index (χ3n) is 7.18. The van der Waals surface area contributed by atoms with Crippen LogP contribution in [0.15, 0.2) is 48.5 Å². The summed E-state index contributed by atoms with van der Waals surface area (Å²) in [6, 6.07) is 17.2. The first-order valence-corrected chi connectivity index (χ1v) is 10.0. The lowest BCUT2D eigenvalue weighted by Crippen LogP contribution is -2.48. The second kappa shape index (κ2) is 5.97. The molecular formula is C24H26O2. The lowest BCUT2D eigenvalue weighted by atomic mass is 9.48. The Morgan fingerprint density at radius 3 is 1.73 bits per heavy atom. The minimum absolute atomic E-state index is 0.0885. The van der Waals surface area contributed by atoms with E-state index in [1.807, 2.05) is 24.3 Å². The van der Waals surface area contributed by atoms with Crippen LogP contribution in [0.2, 0.25) is 0 Å². The van der Waals surface area contributed by atoms with Crippen molar-refractivity contribution < 1.29 is 9.90 Å². The molecule has 4 aliphatic rings. The zero-order chi connectivity index (χ0) is 17.7. The van der Waals surface area contributed by atoms with Gasteiger partial charge in [0.2, 0.25) is 0 Å². The van der Waals surface area contributed by atoms with Gasteiger partial charge in [0.1, 0.15) is 0 Å². The summed E-state index contributed by atoms with van der Waals surface area (Å²) in [5.41, 5.74) is 5.25. The van der Waals surface area contributed by atoms with Crippen LogP contribution in [0.4, 0.5) is 0 Å². The van der Waals surface area contributed by atoms with E-state index in [4.69, 9.17) is 5.11 Å². The molecule has 0 aromatic heterocycles. The summed E-state index contributed by atoms with van der Waals surface area (Å²) in [4.78, 5) is 10.8. The fourth-order valence-electron chi connectivity index (χ4n) is 6.47. The van der Waals surface area contributed by atoms with E-state index in [9.17, 15) is 4.79 Å². The van der Waals surface area contributed by atoms with Gasteiger partial charge in [0.15, 0.2) is 0 Å². The highest BCUT2D eigenvalue weighted by molar-refractivity contribution is 5.71. The maximum atomic E-state index is 10.8. The van der Waals surface area contributed by atoms with E-state index in [1.165, 1.54) is 44.1 Å². The molecule has 4 fully saturated rings. The van der Waals surface area contributed by atoms with Gasteiger partial charge in [-0.2, -0.15) is 0 Å². The summed E-state index contributed by atoms with van der Waals surface area (Å²) in [7, 11) is 0.